The van der Waals surface area contributed by atoms with Crippen LogP contribution < -0.4 is 5.32 Å². The number of carbonyl (C=O) groups is 1. The minimum Gasteiger partial charge on any atom is -0.440 e. The maximum atomic E-state index is 12.0. The molecule has 20 heavy (non-hydrogen) atoms. The summed E-state index contributed by atoms with van der Waals surface area (Å²) in [5.41, 5.74) is 2.86. The molecule has 2 fully saturated rings. The lowest BCUT2D eigenvalue weighted by Gasteiger charge is -2.04. The van der Waals surface area contributed by atoms with E-state index in [2.05, 4.69) is 16.4 Å². The van der Waals surface area contributed by atoms with Crippen LogP contribution in [0, 0.1) is 0 Å². The van der Waals surface area contributed by atoms with Crippen LogP contribution >= 0.6 is 0 Å². The van der Waals surface area contributed by atoms with Gasteiger partial charge in [0.1, 0.15) is 0 Å². The summed E-state index contributed by atoms with van der Waals surface area (Å²) in [7, 11) is 0. The Morgan fingerprint density at radius 1 is 1.30 bits per heavy atom. The summed E-state index contributed by atoms with van der Waals surface area (Å²) in [6.07, 6.45) is 6.10. The molecule has 0 unspecified atom stereocenters. The molecule has 0 radical (unpaired) electrons. The molecule has 2 heterocycles. The van der Waals surface area contributed by atoms with Gasteiger partial charge in [0, 0.05) is 17.2 Å². The predicted octanol–water partition coefficient (Wildman–Crippen LogP) is 3.20. The van der Waals surface area contributed by atoms with Crippen LogP contribution in [0.3, 0.4) is 0 Å². The number of hydrogen-bond donors (Lipinski definition) is 1. The first-order valence-electron chi connectivity index (χ1n) is 7.18. The van der Waals surface area contributed by atoms with Crippen molar-refractivity contribution in [3.05, 3.63) is 35.9 Å². The molecule has 0 bridgehead atoms. The van der Waals surface area contributed by atoms with Crippen molar-refractivity contribution in [3.63, 3.8) is 0 Å². The number of oxazole rings is 1. The van der Waals surface area contributed by atoms with Crippen molar-refractivity contribution in [2.45, 2.75) is 37.0 Å². The smallest absolute Gasteiger partial charge is 0.235 e. The second kappa shape index (κ2) is 3.32. The Morgan fingerprint density at radius 3 is 2.90 bits per heavy atom. The van der Waals surface area contributed by atoms with Gasteiger partial charge in [-0.25, -0.2) is 4.98 Å². The van der Waals surface area contributed by atoms with Crippen LogP contribution in [0.4, 0.5) is 5.69 Å². The van der Waals surface area contributed by atoms with Gasteiger partial charge in [-0.1, -0.05) is 12.1 Å². The van der Waals surface area contributed by atoms with Crippen molar-refractivity contribution < 1.29 is 9.21 Å². The van der Waals surface area contributed by atoms with E-state index in [4.69, 9.17) is 4.42 Å². The fourth-order valence-electron chi connectivity index (χ4n) is 3.14. The van der Waals surface area contributed by atoms with Crippen molar-refractivity contribution in [3.8, 4) is 11.3 Å². The molecule has 3 aliphatic rings. The van der Waals surface area contributed by atoms with Gasteiger partial charge in [-0.05, 0) is 37.3 Å². The molecule has 2 saturated carbocycles. The largest absolute Gasteiger partial charge is 0.440 e. The zero-order chi connectivity index (χ0) is 13.3. The number of carbonyl (C=O) groups excluding carboxylic acids is 1. The number of fused-ring (bicyclic) bond motifs is 2. The highest BCUT2D eigenvalue weighted by Gasteiger charge is 2.56. The molecule has 2 aromatic rings. The third-order valence-electron chi connectivity index (χ3n) is 4.70. The van der Waals surface area contributed by atoms with Crippen LogP contribution in [0.2, 0.25) is 0 Å². The Morgan fingerprint density at radius 2 is 2.15 bits per heavy atom. The van der Waals surface area contributed by atoms with Crippen LogP contribution in [0.25, 0.3) is 11.3 Å². The molecule has 1 N–H and O–H groups in total. The number of benzene rings is 1. The van der Waals surface area contributed by atoms with Crippen molar-refractivity contribution >= 4 is 11.6 Å². The molecule has 1 aromatic carbocycles. The molecule has 0 saturated heterocycles. The van der Waals surface area contributed by atoms with E-state index >= 15 is 0 Å². The third-order valence-corrected chi connectivity index (χ3v) is 4.70. The van der Waals surface area contributed by atoms with Crippen LogP contribution in [0.1, 0.15) is 43.1 Å². The summed E-state index contributed by atoms with van der Waals surface area (Å²) >= 11 is 0. The van der Waals surface area contributed by atoms with E-state index in [1.807, 2.05) is 12.1 Å². The number of anilines is 1. The average molecular weight is 266 g/mol. The molecule has 1 spiro atoms. The number of rotatable bonds is 2. The van der Waals surface area contributed by atoms with Gasteiger partial charge < -0.3 is 9.73 Å². The minimum atomic E-state index is -0.214. The lowest BCUT2D eigenvalue weighted by molar-refractivity contribution is -0.117. The molecule has 4 nitrogen and oxygen atoms in total. The quantitative estimate of drug-likeness (QED) is 0.908. The zero-order valence-corrected chi connectivity index (χ0v) is 11.0. The summed E-state index contributed by atoms with van der Waals surface area (Å²) in [5.74, 6) is 2.32. The fraction of sp³-hybridized carbons (Fsp3) is 0.375. The van der Waals surface area contributed by atoms with Crippen LogP contribution in [0.15, 0.2) is 28.8 Å². The number of nitrogens with zero attached hydrogens (tertiary/aromatic N) is 1. The normalized spacial score (nSPS) is 21.9. The number of aromatic nitrogens is 1. The number of amides is 1. The van der Waals surface area contributed by atoms with Gasteiger partial charge in [-0.15, -0.1) is 0 Å². The van der Waals surface area contributed by atoms with Gasteiger partial charge in [-0.3, -0.25) is 4.79 Å². The molecular formula is C16H14N2O2. The van der Waals surface area contributed by atoms with Gasteiger partial charge in [-0.2, -0.15) is 0 Å². The second-order valence-electron chi connectivity index (χ2n) is 6.13. The highest BCUT2D eigenvalue weighted by Crippen LogP contribution is 2.55. The lowest BCUT2D eigenvalue weighted by Crippen LogP contribution is -2.18. The number of nitrogens with one attached hydrogen (secondary N) is 1. The van der Waals surface area contributed by atoms with Crippen molar-refractivity contribution in [2.75, 3.05) is 5.32 Å². The van der Waals surface area contributed by atoms with E-state index in [-0.39, 0.29) is 11.3 Å². The Balaban J connectivity index is 1.56. The van der Waals surface area contributed by atoms with Crippen LogP contribution in [0.5, 0.6) is 0 Å². The Hall–Kier alpha value is -2.10. The molecule has 5 rings (SSSR count). The summed E-state index contributed by atoms with van der Waals surface area (Å²) < 4.78 is 5.82. The topological polar surface area (TPSA) is 55.1 Å². The van der Waals surface area contributed by atoms with Crippen molar-refractivity contribution in [1.29, 1.82) is 0 Å². The van der Waals surface area contributed by atoms with Gasteiger partial charge in [0.2, 0.25) is 5.91 Å². The number of hydrogen-bond acceptors (Lipinski definition) is 3. The highest BCUT2D eigenvalue weighted by molar-refractivity contribution is 6.08. The Bertz CT molecular complexity index is 739. The van der Waals surface area contributed by atoms with Gasteiger partial charge in [0.25, 0.3) is 0 Å². The molecular weight excluding hydrogens is 252 g/mol. The summed E-state index contributed by atoms with van der Waals surface area (Å²) in [5, 5.41) is 3.00. The maximum absolute atomic E-state index is 12.0. The van der Waals surface area contributed by atoms with Gasteiger partial charge in [0.15, 0.2) is 11.7 Å². The lowest BCUT2D eigenvalue weighted by atomic mass is 9.96. The predicted molar refractivity (Wildman–Crippen MR) is 73.5 cm³/mol. The van der Waals surface area contributed by atoms with E-state index < -0.39 is 0 Å². The first-order chi connectivity index (χ1) is 9.76. The Labute approximate surface area is 116 Å². The minimum absolute atomic E-state index is 0.154. The van der Waals surface area contributed by atoms with E-state index in [1.54, 1.807) is 6.20 Å². The van der Waals surface area contributed by atoms with E-state index in [9.17, 15) is 4.79 Å². The third kappa shape index (κ3) is 1.31. The van der Waals surface area contributed by atoms with Gasteiger partial charge >= 0.3 is 0 Å². The zero-order valence-electron chi connectivity index (χ0n) is 11.0. The van der Waals surface area contributed by atoms with E-state index in [0.717, 1.165) is 41.3 Å². The van der Waals surface area contributed by atoms with Crippen molar-refractivity contribution in [1.82, 2.24) is 4.98 Å². The molecule has 2 aliphatic carbocycles. The molecule has 1 amide bonds. The highest BCUT2D eigenvalue weighted by atomic mass is 16.4. The van der Waals surface area contributed by atoms with Gasteiger partial charge in [0.05, 0.1) is 11.6 Å². The average Bonchev–Trinajstić information content (AvgIpc) is 3.36. The fourth-order valence-corrected chi connectivity index (χ4v) is 3.14. The summed E-state index contributed by atoms with van der Waals surface area (Å²) in [6.45, 7) is 0. The molecule has 4 heteroatoms. The van der Waals surface area contributed by atoms with Crippen LogP contribution in [-0.2, 0) is 10.2 Å². The first kappa shape index (κ1) is 10.7. The standard InChI is InChI=1S/C16H14N2O2/c19-15-16(5-6-16)11-4-3-10(7-12(11)18-15)13-8-17-14(20-13)9-1-2-9/h3-4,7-9H,1-2,5-6H2,(H,18,19). The maximum Gasteiger partial charge on any atom is 0.235 e. The molecule has 1 aromatic heterocycles. The Kier molecular flexibility index (Phi) is 1.77. The second-order valence-corrected chi connectivity index (χ2v) is 6.13. The SMILES string of the molecule is O=C1Nc2cc(-c3cnc(C4CC4)o3)ccc2C12CC2. The monoisotopic (exact) mass is 266 g/mol. The van der Waals surface area contributed by atoms with E-state index in [1.165, 1.54) is 12.8 Å². The first-order valence-corrected chi connectivity index (χ1v) is 7.18. The molecule has 0 atom stereocenters. The molecule has 1 aliphatic heterocycles. The summed E-state index contributed by atoms with van der Waals surface area (Å²) in [4.78, 5) is 16.4. The van der Waals surface area contributed by atoms with Crippen molar-refractivity contribution in [2.24, 2.45) is 0 Å². The van der Waals surface area contributed by atoms with Crippen LogP contribution in [-0.4, -0.2) is 10.9 Å². The molecule has 100 valence electrons. The van der Waals surface area contributed by atoms with E-state index in [0.29, 0.717) is 5.92 Å². The summed E-state index contributed by atoms with van der Waals surface area (Å²) in [6, 6.07) is 6.11.